The van der Waals surface area contributed by atoms with E-state index in [9.17, 15) is 4.79 Å². The maximum Gasteiger partial charge on any atom is 0.267 e. The van der Waals surface area contributed by atoms with Crippen LogP contribution in [0.2, 0.25) is 0 Å². The van der Waals surface area contributed by atoms with Gasteiger partial charge in [-0.25, -0.2) is 0 Å². The first-order valence-electron chi connectivity index (χ1n) is 3.13. The summed E-state index contributed by atoms with van der Waals surface area (Å²) in [6.45, 7) is 0.173. The molecule has 1 aromatic rings. The van der Waals surface area contributed by atoms with E-state index >= 15 is 0 Å². The first-order valence-corrected chi connectivity index (χ1v) is 3.13. The standard InChI is InChI=1S/C7H8N3O/c8-3-5-1-2-6(7(9)11)10-4-5/h1-2,4,8H,3H2,(H2,9,11). The number of aromatic nitrogens is 1. The highest BCUT2D eigenvalue weighted by Crippen LogP contribution is 1.98. The molecule has 3 N–H and O–H groups in total. The van der Waals surface area contributed by atoms with Crippen molar-refractivity contribution in [1.82, 2.24) is 10.7 Å². The molecule has 1 aromatic heterocycles. The van der Waals surface area contributed by atoms with Crippen LogP contribution in [0.4, 0.5) is 0 Å². The topological polar surface area (TPSA) is 79.8 Å². The van der Waals surface area contributed by atoms with E-state index in [1.54, 1.807) is 6.07 Å². The Morgan fingerprint density at radius 1 is 1.64 bits per heavy atom. The van der Waals surface area contributed by atoms with Gasteiger partial charge >= 0.3 is 0 Å². The molecule has 0 aromatic carbocycles. The van der Waals surface area contributed by atoms with Crippen molar-refractivity contribution in [3.8, 4) is 0 Å². The summed E-state index contributed by atoms with van der Waals surface area (Å²) in [7, 11) is 0. The van der Waals surface area contributed by atoms with Crippen molar-refractivity contribution in [3.63, 3.8) is 0 Å². The van der Waals surface area contributed by atoms with Gasteiger partial charge in [-0.15, -0.1) is 0 Å². The van der Waals surface area contributed by atoms with Gasteiger partial charge in [0.1, 0.15) is 5.69 Å². The predicted molar refractivity (Wildman–Crippen MR) is 39.6 cm³/mol. The lowest BCUT2D eigenvalue weighted by molar-refractivity contribution is 0.0995. The molecule has 4 nitrogen and oxygen atoms in total. The molecule has 0 bridgehead atoms. The van der Waals surface area contributed by atoms with Gasteiger partial charge < -0.3 is 5.73 Å². The molecule has 4 heteroatoms. The molecule has 0 spiro atoms. The Balaban J connectivity index is 2.91. The quantitative estimate of drug-likeness (QED) is 0.642. The van der Waals surface area contributed by atoms with Crippen LogP contribution < -0.4 is 11.5 Å². The number of hydrogen-bond acceptors (Lipinski definition) is 2. The average molecular weight is 150 g/mol. The Hall–Kier alpha value is -1.42. The summed E-state index contributed by atoms with van der Waals surface area (Å²) in [5, 5.41) is 0. The van der Waals surface area contributed by atoms with Gasteiger partial charge in [0.25, 0.3) is 5.91 Å². The molecule has 0 aliphatic rings. The van der Waals surface area contributed by atoms with Crippen molar-refractivity contribution in [2.75, 3.05) is 0 Å². The van der Waals surface area contributed by atoms with E-state index in [2.05, 4.69) is 4.98 Å². The minimum atomic E-state index is -0.540. The first kappa shape index (κ1) is 7.68. The van der Waals surface area contributed by atoms with Gasteiger partial charge in [0.05, 0.1) is 0 Å². The van der Waals surface area contributed by atoms with Gasteiger partial charge in [0.15, 0.2) is 0 Å². The molecule has 0 fully saturated rings. The molecular formula is C7H8N3O. The molecule has 0 saturated carbocycles. The number of nitrogens with two attached hydrogens (primary N) is 1. The molecule has 1 amide bonds. The van der Waals surface area contributed by atoms with Gasteiger partial charge in [-0.1, -0.05) is 6.07 Å². The smallest absolute Gasteiger partial charge is 0.267 e. The Morgan fingerprint density at radius 3 is 2.73 bits per heavy atom. The maximum atomic E-state index is 10.5. The van der Waals surface area contributed by atoms with Crippen LogP contribution in [-0.2, 0) is 6.54 Å². The second kappa shape index (κ2) is 3.12. The highest BCUT2D eigenvalue weighted by molar-refractivity contribution is 5.90. The SMILES string of the molecule is [NH]Cc1ccc(C(N)=O)nc1. The largest absolute Gasteiger partial charge is 0.364 e. The molecule has 0 atom stereocenters. The van der Waals surface area contributed by atoms with E-state index in [4.69, 9.17) is 11.5 Å². The normalized spacial score (nSPS) is 9.55. The summed E-state index contributed by atoms with van der Waals surface area (Å²) in [6, 6.07) is 3.19. The molecule has 1 heterocycles. The van der Waals surface area contributed by atoms with Gasteiger partial charge in [0.2, 0.25) is 0 Å². The molecule has 11 heavy (non-hydrogen) atoms. The van der Waals surface area contributed by atoms with Crippen LogP contribution in [0.1, 0.15) is 16.1 Å². The van der Waals surface area contributed by atoms with Gasteiger partial charge in [-0.05, 0) is 11.6 Å². The Labute approximate surface area is 64.2 Å². The summed E-state index contributed by atoms with van der Waals surface area (Å²) in [6.07, 6.45) is 1.48. The lowest BCUT2D eigenvalue weighted by Crippen LogP contribution is -2.12. The van der Waals surface area contributed by atoms with Crippen molar-refractivity contribution in [2.45, 2.75) is 6.54 Å². The van der Waals surface area contributed by atoms with E-state index in [1.165, 1.54) is 12.3 Å². The maximum absolute atomic E-state index is 10.5. The van der Waals surface area contributed by atoms with Crippen molar-refractivity contribution >= 4 is 5.91 Å². The third-order valence-corrected chi connectivity index (χ3v) is 1.28. The number of nitrogens with one attached hydrogen (secondary N) is 1. The van der Waals surface area contributed by atoms with Crippen LogP contribution >= 0.6 is 0 Å². The molecule has 1 rings (SSSR count). The van der Waals surface area contributed by atoms with Crippen LogP contribution in [-0.4, -0.2) is 10.9 Å². The van der Waals surface area contributed by atoms with E-state index < -0.39 is 5.91 Å². The molecule has 0 aliphatic carbocycles. The van der Waals surface area contributed by atoms with Crippen molar-refractivity contribution in [1.29, 1.82) is 0 Å². The second-order valence-corrected chi connectivity index (χ2v) is 2.09. The number of primary amides is 1. The Bertz CT molecular complexity index is 255. The number of rotatable bonds is 2. The molecule has 0 saturated heterocycles. The molecular weight excluding hydrogens is 142 g/mol. The fourth-order valence-corrected chi connectivity index (χ4v) is 0.675. The number of pyridine rings is 1. The third kappa shape index (κ3) is 1.75. The van der Waals surface area contributed by atoms with Crippen LogP contribution in [0.15, 0.2) is 18.3 Å². The lowest BCUT2D eigenvalue weighted by Gasteiger charge is -1.95. The number of nitrogens with zero attached hydrogens (tertiary/aromatic N) is 1. The third-order valence-electron chi connectivity index (χ3n) is 1.28. The van der Waals surface area contributed by atoms with E-state index in [0.717, 1.165) is 5.56 Å². The van der Waals surface area contributed by atoms with Gasteiger partial charge in [-0.3, -0.25) is 15.5 Å². The highest BCUT2D eigenvalue weighted by Gasteiger charge is 1.99. The van der Waals surface area contributed by atoms with E-state index in [-0.39, 0.29) is 12.2 Å². The molecule has 57 valence electrons. The fraction of sp³-hybridized carbons (Fsp3) is 0.143. The number of carbonyl (C=O) groups is 1. The Kier molecular flexibility index (Phi) is 2.18. The average Bonchev–Trinajstić information content (AvgIpc) is 2.05. The fourth-order valence-electron chi connectivity index (χ4n) is 0.675. The van der Waals surface area contributed by atoms with Crippen LogP contribution in [0.5, 0.6) is 0 Å². The van der Waals surface area contributed by atoms with Gasteiger partial charge in [0, 0.05) is 12.7 Å². The minimum Gasteiger partial charge on any atom is -0.364 e. The molecule has 1 radical (unpaired) electrons. The molecule has 0 aliphatic heterocycles. The lowest BCUT2D eigenvalue weighted by atomic mass is 10.2. The molecule has 0 unspecified atom stereocenters. The number of hydrogen-bond donors (Lipinski definition) is 1. The first-order chi connectivity index (χ1) is 5.24. The minimum absolute atomic E-state index is 0.173. The second-order valence-electron chi connectivity index (χ2n) is 2.09. The summed E-state index contributed by atoms with van der Waals surface area (Å²) < 4.78 is 0. The van der Waals surface area contributed by atoms with Crippen molar-refractivity contribution in [3.05, 3.63) is 29.6 Å². The highest BCUT2D eigenvalue weighted by atomic mass is 16.1. The van der Waals surface area contributed by atoms with Gasteiger partial charge in [-0.2, -0.15) is 0 Å². The monoisotopic (exact) mass is 150 g/mol. The number of carbonyl (C=O) groups excluding carboxylic acids is 1. The Morgan fingerprint density at radius 2 is 2.36 bits per heavy atom. The summed E-state index contributed by atoms with van der Waals surface area (Å²) >= 11 is 0. The van der Waals surface area contributed by atoms with Crippen LogP contribution in [0, 0.1) is 0 Å². The summed E-state index contributed by atoms with van der Waals surface area (Å²) in [5.74, 6) is -0.540. The van der Waals surface area contributed by atoms with E-state index in [0.29, 0.717) is 0 Å². The van der Waals surface area contributed by atoms with E-state index in [1.807, 2.05) is 0 Å². The summed E-state index contributed by atoms with van der Waals surface area (Å²) in [4.78, 5) is 14.3. The van der Waals surface area contributed by atoms with Crippen molar-refractivity contribution in [2.24, 2.45) is 5.73 Å². The zero-order valence-electron chi connectivity index (χ0n) is 5.87. The van der Waals surface area contributed by atoms with Crippen LogP contribution in [0.25, 0.3) is 0 Å². The zero-order chi connectivity index (χ0) is 8.27. The van der Waals surface area contributed by atoms with Crippen LogP contribution in [0.3, 0.4) is 0 Å². The zero-order valence-corrected chi connectivity index (χ0v) is 5.87. The number of amides is 1. The predicted octanol–water partition coefficient (Wildman–Crippen LogP) is -0.0366. The van der Waals surface area contributed by atoms with Crippen molar-refractivity contribution < 1.29 is 4.79 Å². The summed E-state index contributed by atoms with van der Waals surface area (Å²) in [5.41, 5.74) is 12.9.